The van der Waals surface area contributed by atoms with Crippen LogP contribution in [-0.2, 0) is 24.4 Å². The Morgan fingerprint density at radius 3 is 3.14 bits per heavy atom. The molecule has 1 unspecified atom stereocenters. The highest BCUT2D eigenvalue weighted by Crippen LogP contribution is 2.31. The van der Waals surface area contributed by atoms with Gasteiger partial charge in [0.05, 0.1) is 6.54 Å². The van der Waals surface area contributed by atoms with Crippen molar-refractivity contribution in [1.82, 2.24) is 19.7 Å². The summed E-state index contributed by atoms with van der Waals surface area (Å²) in [5.41, 5.74) is -0.297. The van der Waals surface area contributed by atoms with Crippen LogP contribution in [0.4, 0.5) is 0 Å². The third kappa shape index (κ3) is 2.33. The fraction of sp³-hybridized carbons (Fsp3) is 0.500. The standard InChI is InChI=1S/C14H16N4O3S/c19-12-13(20)18-9-14(21-6-11(18)15-16-12)2-3-17(8-14)5-10-1-4-22-7-10/h1,4,7H,2-3,5-6,8-9H2,(H,16,19). The maximum Gasteiger partial charge on any atom is 0.330 e. The second kappa shape index (κ2) is 5.15. The summed E-state index contributed by atoms with van der Waals surface area (Å²) in [6, 6.07) is 2.13. The summed E-state index contributed by atoms with van der Waals surface area (Å²) >= 11 is 1.69. The van der Waals surface area contributed by atoms with E-state index in [1.807, 2.05) is 0 Å². The van der Waals surface area contributed by atoms with Crippen molar-refractivity contribution in [2.45, 2.75) is 31.7 Å². The van der Waals surface area contributed by atoms with Gasteiger partial charge in [-0.05, 0) is 28.8 Å². The Bertz CT molecular complexity index is 797. The summed E-state index contributed by atoms with van der Waals surface area (Å²) < 4.78 is 7.48. The van der Waals surface area contributed by atoms with Gasteiger partial charge in [0.25, 0.3) is 0 Å². The molecule has 0 radical (unpaired) electrons. The Morgan fingerprint density at radius 2 is 2.32 bits per heavy atom. The first kappa shape index (κ1) is 13.9. The lowest BCUT2D eigenvalue weighted by Crippen LogP contribution is -2.51. The van der Waals surface area contributed by atoms with Crippen LogP contribution in [0.3, 0.4) is 0 Å². The number of hydrogen-bond donors (Lipinski definition) is 1. The predicted molar refractivity (Wildman–Crippen MR) is 80.9 cm³/mol. The molecule has 8 heteroatoms. The molecule has 4 heterocycles. The molecular formula is C14H16N4O3S. The summed E-state index contributed by atoms with van der Waals surface area (Å²) in [7, 11) is 0. The second-order valence-electron chi connectivity index (χ2n) is 5.92. The Labute approximate surface area is 130 Å². The Morgan fingerprint density at radius 1 is 1.41 bits per heavy atom. The molecule has 0 bridgehead atoms. The molecule has 1 N–H and O–H groups in total. The number of nitrogens with one attached hydrogen (secondary N) is 1. The van der Waals surface area contributed by atoms with Crippen LogP contribution in [0.2, 0.25) is 0 Å². The van der Waals surface area contributed by atoms with Gasteiger partial charge in [0.15, 0.2) is 5.82 Å². The van der Waals surface area contributed by atoms with Crippen LogP contribution < -0.4 is 11.1 Å². The molecule has 1 atom stereocenters. The lowest BCUT2D eigenvalue weighted by Gasteiger charge is -2.34. The van der Waals surface area contributed by atoms with E-state index in [4.69, 9.17) is 4.74 Å². The number of nitrogens with zero attached hydrogens (tertiary/aromatic N) is 3. The first-order valence-corrected chi connectivity index (χ1v) is 8.15. The molecule has 2 aliphatic heterocycles. The minimum absolute atomic E-state index is 0.262. The third-order valence-electron chi connectivity index (χ3n) is 4.37. The van der Waals surface area contributed by atoms with E-state index >= 15 is 0 Å². The molecule has 1 saturated heterocycles. The van der Waals surface area contributed by atoms with Crippen molar-refractivity contribution < 1.29 is 4.74 Å². The van der Waals surface area contributed by atoms with E-state index in [-0.39, 0.29) is 12.2 Å². The highest BCUT2D eigenvalue weighted by Gasteiger charge is 2.43. The molecule has 1 spiro atoms. The summed E-state index contributed by atoms with van der Waals surface area (Å²) in [5, 5.41) is 10.3. The van der Waals surface area contributed by atoms with Crippen molar-refractivity contribution in [3.63, 3.8) is 0 Å². The second-order valence-corrected chi connectivity index (χ2v) is 6.70. The van der Waals surface area contributed by atoms with Crippen molar-refractivity contribution in [3.05, 3.63) is 48.9 Å². The van der Waals surface area contributed by atoms with Crippen LogP contribution in [-0.4, -0.2) is 38.4 Å². The number of H-pyrrole nitrogens is 1. The lowest BCUT2D eigenvalue weighted by molar-refractivity contribution is -0.0853. The molecule has 0 aromatic carbocycles. The SMILES string of the molecule is O=c1[nH]nc2n(c1=O)CC1(CCN(Cc3ccsc3)C1)OC2. The van der Waals surface area contributed by atoms with E-state index in [1.165, 1.54) is 10.1 Å². The molecule has 0 saturated carbocycles. The molecule has 1 fully saturated rings. The topological polar surface area (TPSA) is 80.2 Å². The maximum atomic E-state index is 12.0. The summed E-state index contributed by atoms with van der Waals surface area (Å²) in [6.45, 7) is 3.25. The van der Waals surface area contributed by atoms with E-state index in [2.05, 4.69) is 31.9 Å². The molecule has 22 heavy (non-hydrogen) atoms. The molecule has 0 aliphatic carbocycles. The van der Waals surface area contributed by atoms with Crippen molar-refractivity contribution in [2.24, 2.45) is 0 Å². The van der Waals surface area contributed by atoms with E-state index < -0.39 is 11.1 Å². The predicted octanol–water partition coefficient (Wildman–Crippen LogP) is 0.168. The van der Waals surface area contributed by atoms with Gasteiger partial charge in [-0.15, -0.1) is 0 Å². The first-order chi connectivity index (χ1) is 10.7. The molecule has 2 aliphatic rings. The van der Waals surface area contributed by atoms with Crippen LogP contribution in [0.25, 0.3) is 0 Å². The normalized spacial score (nSPS) is 24.7. The van der Waals surface area contributed by atoms with Crippen LogP contribution in [0.5, 0.6) is 0 Å². The number of aromatic amines is 1. The van der Waals surface area contributed by atoms with Crippen molar-refractivity contribution >= 4 is 11.3 Å². The fourth-order valence-corrected chi connectivity index (χ4v) is 3.90. The van der Waals surface area contributed by atoms with Gasteiger partial charge in [-0.1, -0.05) is 0 Å². The van der Waals surface area contributed by atoms with E-state index in [1.54, 1.807) is 11.3 Å². The Hall–Kier alpha value is -1.77. The number of hydrogen-bond acceptors (Lipinski definition) is 6. The zero-order chi connectivity index (χ0) is 15.2. The fourth-order valence-electron chi connectivity index (χ4n) is 3.24. The van der Waals surface area contributed by atoms with Gasteiger partial charge < -0.3 is 4.74 Å². The Balaban J connectivity index is 1.55. The molecule has 7 nitrogen and oxygen atoms in total. The smallest absolute Gasteiger partial charge is 0.330 e. The summed E-state index contributed by atoms with van der Waals surface area (Å²) in [4.78, 5) is 25.8. The molecule has 2 aromatic heterocycles. The monoisotopic (exact) mass is 320 g/mol. The van der Waals surface area contributed by atoms with Crippen LogP contribution in [0, 0.1) is 0 Å². The van der Waals surface area contributed by atoms with E-state index in [0.717, 1.165) is 26.1 Å². The number of aromatic nitrogens is 3. The quantitative estimate of drug-likeness (QED) is 0.798. The lowest BCUT2D eigenvalue weighted by atomic mass is 10.0. The number of rotatable bonds is 2. The van der Waals surface area contributed by atoms with Gasteiger partial charge in [0, 0.05) is 19.6 Å². The first-order valence-electron chi connectivity index (χ1n) is 7.21. The van der Waals surface area contributed by atoms with Gasteiger partial charge in [-0.25, -0.2) is 5.10 Å². The average Bonchev–Trinajstić information content (AvgIpc) is 3.15. The third-order valence-corrected chi connectivity index (χ3v) is 5.10. The molecule has 116 valence electrons. The van der Waals surface area contributed by atoms with Gasteiger partial charge in [0.2, 0.25) is 0 Å². The maximum absolute atomic E-state index is 12.0. The highest BCUT2D eigenvalue weighted by atomic mass is 32.1. The Kier molecular flexibility index (Phi) is 3.24. The van der Waals surface area contributed by atoms with Gasteiger partial charge in [-0.3, -0.25) is 19.1 Å². The van der Waals surface area contributed by atoms with Crippen molar-refractivity contribution in [1.29, 1.82) is 0 Å². The number of ether oxygens (including phenoxy) is 1. The average molecular weight is 320 g/mol. The van der Waals surface area contributed by atoms with Crippen molar-refractivity contribution in [3.8, 4) is 0 Å². The highest BCUT2D eigenvalue weighted by molar-refractivity contribution is 7.07. The number of thiophene rings is 1. The number of fused-ring (bicyclic) bond motifs is 1. The van der Waals surface area contributed by atoms with E-state index in [0.29, 0.717) is 12.4 Å². The molecule has 2 aromatic rings. The zero-order valence-electron chi connectivity index (χ0n) is 11.9. The van der Waals surface area contributed by atoms with Crippen LogP contribution in [0.15, 0.2) is 26.4 Å². The van der Waals surface area contributed by atoms with Gasteiger partial charge >= 0.3 is 11.1 Å². The summed E-state index contributed by atoms with van der Waals surface area (Å²) in [6.07, 6.45) is 0.857. The van der Waals surface area contributed by atoms with Gasteiger partial charge in [0.1, 0.15) is 12.2 Å². The van der Waals surface area contributed by atoms with Crippen LogP contribution >= 0.6 is 11.3 Å². The number of likely N-dealkylation sites (tertiary alicyclic amines) is 1. The molecule has 0 amide bonds. The summed E-state index contributed by atoms with van der Waals surface area (Å²) in [5.74, 6) is 0.492. The molecule has 4 rings (SSSR count). The zero-order valence-corrected chi connectivity index (χ0v) is 12.8. The van der Waals surface area contributed by atoms with Crippen LogP contribution in [0.1, 0.15) is 17.8 Å². The minimum Gasteiger partial charge on any atom is -0.364 e. The molecular weight excluding hydrogens is 304 g/mol. The van der Waals surface area contributed by atoms with E-state index in [9.17, 15) is 9.59 Å². The minimum atomic E-state index is -0.672. The van der Waals surface area contributed by atoms with Gasteiger partial charge in [-0.2, -0.15) is 16.4 Å². The largest absolute Gasteiger partial charge is 0.364 e. The van der Waals surface area contributed by atoms with Crippen molar-refractivity contribution in [2.75, 3.05) is 13.1 Å².